The largest absolute Gasteiger partial charge is 0.488 e. The number of aliphatic hydroxyl groups is 2. The number of ether oxygens (including phenoxy) is 5. The predicted octanol–water partition coefficient (Wildman–Crippen LogP) is 7.62. The van der Waals surface area contributed by atoms with Crippen LogP contribution in [0.3, 0.4) is 0 Å². The summed E-state index contributed by atoms with van der Waals surface area (Å²) in [6.07, 6.45) is -2.05. The molecule has 236 valence electrons. The van der Waals surface area contributed by atoms with Crippen LogP contribution in [-0.2, 0) is 4.74 Å². The molecule has 0 saturated heterocycles. The highest BCUT2D eigenvalue weighted by Crippen LogP contribution is 2.40. The molecule has 0 bridgehead atoms. The molecule has 0 unspecified atom stereocenters. The van der Waals surface area contributed by atoms with Crippen LogP contribution in [0, 0.1) is 0 Å². The lowest BCUT2D eigenvalue weighted by molar-refractivity contribution is -0.00827. The Balaban J connectivity index is 1.56. The lowest BCUT2D eigenvalue weighted by Gasteiger charge is -2.23. The molecule has 0 aliphatic carbocycles. The fraction of sp³-hybridized carbons (Fsp3) is 0.562. The van der Waals surface area contributed by atoms with Crippen LogP contribution in [0.5, 0.6) is 21.9 Å². The van der Waals surface area contributed by atoms with Crippen molar-refractivity contribution in [3.8, 4) is 21.9 Å². The van der Waals surface area contributed by atoms with E-state index >= 15 is 0 Å². The molecule has 0 spiro atoms. The monoisotopic (exact) mass is 632 g/mol. The summed E-state index contributed by atoms with van der Waals surface area (Å²) in [6.45, 7) is 19.5. The van der Waals surface area contributed by atoms with Gasteiger partial charge >= 0.3 is 0 Å². The Morgan fingerprint density at radius 3 is 1.35 bits per heavy atom. The molecule has 2 N–H and O–H groups in total. The van der Waals surface area contributed by atoms with Crippen LogP contribution in [0.1, 0.15) is 92.6 Å². The Morgan fingerprint density at radius 1 is 0.651 bits per heavy atom. The number of hydrogen-bond donors (Lipinski definition) is 2. The van der Waals surface area contributed by atoms with Crippen LogP contribution in [0.15, 0.2) is 24.3 Å². The minimum atomic E-state index is -0.990. The van der Waals surface area contributed by atoms with Crippen LogP contribution in [0.4, 0.5) is 0 Å². The molecule has 4 rings (SSSR count). The van der Waals surface area contributed by atoms with Gasteiger partial charge in [0.25, 0.3) is 10.4 Å². The van der Waals surface area contributed by atoms with E-state index < -0.39 is 23.4 Å². The molecule has 0 radical (unpaired) electrons. The van der Waals surface area contributed by atoms with Gasteiger partial charge in [-0.2, -0.15) is 0 Å². The molecule has 2 aromatic heterocycles. The van der Waals surface area contributed by atoms with Gasteiger partial charge in [0.05, 0.1) is 45.9 Å². The van der Waals surface area contributed by atoms with E-state index in [2.05, 4.69) is 9.97 Å². The summed E-state index contributed by atoms with van der Waals surface area (Å²) in [4.78, 5) is 9.23. The first-order valence-corrected chi connectivity index (χ1v) is 16.1. The first kappa shape index (κ1) is 33.2. The van der Waals surface area contributed by atoms with Crippen molar-refractivity contribution in [3.63, 3.8) is 0 Å². The van der Waals surface area contributed by atoms with Gasteiger partial charge in [-0.1, -0.05) is 22.7 Å². The van der Waals surface area contributed by atoms with Gasteiger partial charge in [-0.05, 0) is 81.4 Å². The normalized spacial score (nSPS) is 14.1. The Labute approximate surface area is 261 Å². The third-order valence-corrected chi connectivity index (χ3v) is 7.76. The average molecular weight is 633 g/mol. The molecular formula is C32H44N2O7S2. The summed E-state index contributed by atoms with van der Waals surface area (Å²) < 4.78 is 31.4. The van der Waals surface area contributed by atoms with Gasteiger partial charge in [-0.3, -0.25) is 0 Å². The van der Waals surface area contributed by atoms with Crippen LogP contribution < -0.4 is 18.9 Å². The van der Waals surface area contributed by atoms with E-state index in [0.717, 1.165) is 9.40 Å². The van der Waals surface area contributed by atoms with E-state index in [-0.39, 0.29) is 25.4 Å². The lowest BCUT2D eigenvalue weighted by atomic mass is 10.1. The van der Waals surface area contributed by atoms with E-state index in [1.165, 1.54) is 22.7 Å². The maximum absolute atomic E-state index is 11.3. The highest BCUT2D eigenvalue weighted by molar-refractivity contribution is 7.20. The number of thiazole rings is 2. The molecule has 2 aromatic carbocycles. The smallest absolute Gasteiger partial charge is 0.274 e. The predicted molar refractivity (Wildman–Crippen MR) is 172 cm³/mol. The zero-order valence-electron chi connectivity index (χ0n) is 26.7. The number of aliphatic hydroxyl groups excluding tert-OH is 2. The second-order valence-electron chi connectivity index (χ2n) is 13.0. The van der Waals surface area contributed by atoms with Gasteiger partial charge in [-0.15, -0.1) is 0 Å². The third kappa shape index (κ3) is 9.15. The Bertz CT molecular complexity index is 1420. The highest BCUT2D eigenvalue weighted by atomic mass is 32.1. The summed E-state index contributed by atoms with van der Waals surface area (Å²) in [7, 11) is 0. The molecule has 0 aliphatic heterocycles. The van der Waals surface area contributed by atoms with E-state index in [4.69, 9.17) is 23.7 Å². The zero-order valence-corrected chi connectivity index (χ0v) is 28.3. The highest BCUT2D eigenvalue weighted by Gasteiger charge is 2.23. The minimum absolute atomic E-state index is 0.0330. The fourth-order valence-electron chi connectivity index (χ4n) is 4.32. The van der Waals surface area contributed by atoms with Crippen molar-refractivity contribution in [1.82, 2.24) is 9.97 Å². The number of fused-ring (bicyclic) bond motifs is 2. The van der Waals surface area contributed by atoms with Crippen molar-refractivity contribution in [2.24, 2.45) is 0 Å². The lowest BCUT2D eigenvalue weighted by Crippen LogP contribution is -2.23. The molecule has 0 saturated carbocycles. The standard InChI is InChI=1S/C32H44N2O7S2/c1-17(2)38-29-33-23-13-19(40-31(5,6)7)11-21(27(23)42-29)25(35)15-37-16-26(36)22-12-20(41-32(8,9)10)14-24-28(22)43-30(34-24)39-18(3)4/h11-14,17-18,25-26,35-36H,15-16H2,1-10H3/t25-,26-/m1/s1. The summed E-state index contributed by atoms with van der Waals surface area (Å²) in [5, 5.41) is 23.6. The van der Waals surface area contributed by atoms with E-state index in [1.807, 2.05) is 93.5 Å². The van der Waals surface area contributed by atoms with Gasteiger partial charge in [0.15, 0.2) is 0 Å². The molecule has 0 aliphatic rings. The number of benzene rings is 2. The summed E-state index contributed by atoms with van der Waals surface area (Å²) in [6, 6.07) is 7.35. The summed E-state index contributed by atoms with van der Waals surface area (Å²) in [5.74, 6) is 1.19. The molecule has 4 aromatic rings. The van der Waals surface area contributed by atoms with Gasteiger partial charge in [0.2, 0.25) is 0 Å². The minimum Gasteiger partial charge on any atom is -0.488 e. The molecule has 0 amide bonds. The van der Waals surface area contributed by atoms with E-state index in [9.17, 15) is 10.2 Å². The molecule has 43 heavy (non-hydrogen) atoms. The first-order chi connectivity index (χ1) is 20.0. The summed E-state index contributed by atoms with van der Waals surface area (Å²) >= 11 is 2.74. The SMILES string of the molecule is CC(C)Oc1nc2cc(OC(C)(C)C)cc([C@H](O)COC[C@@H](O)c3cc(OC(C)(C)C)cc4nc(OC(C)C)sc34)c2s1. The maximum Gasteiger partial charge on any atom is 0.274 e. The Kier molecular flexibility index (Phi) is 10.1. The van der Waals surface area contributed by atoms with Crippen LogP contribution in [0.25, 0.3) is 20.4 Å². The van der Waals surface area contributed by atoms with Crippen LogP contribution in [-0.4, -0.2) is 56.8 Å². The quantitative estimate of drug-likeness (QED) is 0.163. The van der Waals surface area contributed by atoms with Crippen molar-refractivity contribution in [3.05, 3.63) is 35.4 Å². The Hall–Kier alpha value is -2.70. The van der Waals surface area contributed by atoms with Gasteiger partial charge in [-0.25, -0.2) is 9.97 Å². The molecular weight excluding hydrogens is 588 g/mol. The number of hydrogen-bond acceptors (Lipinski definition) is 11. The van der Waals surface area contributed by atoms with Gasteiger partial charge in [0.1, 0.15) is 34.9 Å². The maximum atomic E-state index is 11.3. The third-order valence-electron chi connectivity index (χ3n) is 5.74. The number of aromatic nitrogens is 2. The average Bonchev–Trinajstić information content (AvgIpc) is 3.42. The number of nitrogens with zero attached hydrogens (tertiary/aromatic N) is 2. The fourth-order valence-corrected chi connectivity index (χ4v) is 6.48. The molecule has 2 atom stereocenters. The topological polar surface area (TPSA) is 112 Å². The molecule has 9 nitrogen and oxygen atoms in total. The van der Waals surface area contributed by atoms with E-state index in [0.29, 0.717) is 44.0 Å². The molecule has 11 heteroatoms. The van der Waals surface area contributed by atoms with Crippen molar-refractivity contribution in [2.45, 2.75) is 105 Å². The molecule has 0 fully saturated rings. The van der Waals surface area contributed by atoms with Crippen LogP contribution >= 0.6 is 22.7 Å². The van der Waals surface area contributed by atoms with Gasteiger partial charge in [0, 0.05) is 23.3 Å². The van der Waals surface area contributed by atoms with Crippen molar-refractivity contribution in [2.75, 3.05) is 13.2 Å². The second kappa shape index (κ2) is 13.1. The zero-order chi connectivity index (χ0) is 31.7. The first-order valence-electron chi connectivity index (χ1n) is 14.5. The summed E-state index contributed by atoms with van der Waals surface area (Å²) in [5.41, 5.74) is 1.75. The van der Waals surface area contributed by atoms with Gasteiger partial charge < -0.3 is 33.9 Å². The number of rotatable bonds is 12. The van der Waals surface area contributed by atoms with E-state index in [1.54, 1.807) is 0 Å². The second-order valence-corrected chi connectivity index (χ2v) is 14.9. The van der Waals surface area contributed by atoms with Crippen molar-refractivity contribution < 1.29 is 33.9 Å². The Morgan fingerprint density at radius 2 is 1.02 bits per heavy atom. The molecule has 2 heterocycles. The van der Waals surface area contributed by atoms with Crippen LogP contribution in [0.2, 0.25) is 0 Å². The van der Waals surface area contributed by atoms with Crippen molar-refractivity contribution in [1.29, 1.82) is 0 Å². The van der Waals surface area contributed by atoms with Crippen molar-refractivity contribution >= 4 is 43.1 Å².